The lowest BCUT2D eigenvalue weighted by Crippen LogP contribution is -2.41. The van der Waals surface area contributed by atoms with Crippen molar-refractivity contribution in [2.24, 2.45) is 0 Å². The number of rotatable bonds is 2. The molecule has 2 heterocycles. The van der Waals surface area contributed by atoms with Crippen molar-refractivity contribution in [3.63, 3.8) is 0 Å². The van der Waals surface area contributed by atoms with Gasteiger partial charge in [-0.3, -0.25) is 9.69 Å². The molecule has 0 saturated carbocycles. The predicted octanol–water partition coefficient (Wildman–Crippen LogP) is 2.22. The van der Waals surface area contributed by atoms with Crippen LogP contribution in [0.2, 0.25) is 0 Å². The fourth-order valence-electron chi connectivity index (χ4n) is 2.90. The Kier molecular flexibility index (Phi) is 3.58. The van der Waals surface area contributed by atoms with Crippen LogP contribution < -0.4 is 5.32 Å². The van der Waals surface area contributed by atoms with Gasteiger partial charge in [0.25, 0.3) is 0 Å². The molecule has 1 aromatic rings. The van der Waals surface area contributed by atoms with Crippen molar-refractivity contribution in [3.05, 3.63) is 33.5 Å². The second-order valence-corrected chi connectivity index (χ2v) is 6.14. The number of halogens is 2. The van der Waals surface area contributed by atoms with Crippen molar-refractivity contribution in [3.8, 4) is 0 Å². The summed E-state index contributed by atoms with van der Waals surface area (Å²) in [5.74, 6) is -0.00556. The van der Waals surface area contributed by atoms with E-state index in [4.69, 9.17) is 0 Å². The molecule has 1 amide bonds. The van der Waals surface area contributed by atoms with Crippen molar-refractivity contribution in [1.29, 1.82) is 0 Å². The predicted molar refractivity (Wildman–Crippen MR) is 74.2 cm³/mol. The van der Waals surface area contributed by atoms with E-state index in [2.05, 4.69) is 26.1 Å². The third kappa shape index (κ3) is 2.67. The summed E-state index contributed by atoms with van der Waals surface area (Å²) in [6.07, 6.45) is 2.39. The number of benzene rings is 1. The Morgan fingerprint density at radius 3 is 3.00 bits per heavy atom. The molecule has 2 aliphatic rings. The van der Waals surface area contributed by atoms with E-state index < -0.39 is 0 Å². The van der Waals surface area contributed by atoms with Crippen molar-refractivity contribution >= 4 is 21.8 Å². The van der Waals surface area contributed by atoms with Gasteiger partial charge in [-0.25, -0.2) is 4.39 Å². The van der Waals surface area contributed by atoms with Crippen LogP contribution in [0.1, 0.15) is 24.0 Å². The van der Waals surface area contributed by atoms with Crippen LogP contribution in [0.5, 0.6) is 0 Å². The molecule has 1 saturated heterocycles. The molecule has 0 radical (unpaired) electrons. The maximum absolute atomic E-state index is 14.1. The van der Waals surface area contributed by atoms with Gasteiger partial charge in [0.15, 0.2) is 0 Å². The molecule has 0 spiro atoms. The molecule has 1 unspecified atom stereocenters. The largest absolute Gasteiger partial charge is 0.352 e. The van der Waals surface area contributed by atoms with E-state index in [9.17, 15) is 9.18 Å². The number of hydrogen-bond donors (Lipinski definition) is 1. The Labute approximate surface area is 120 Å². The summed E-state index contributed by atoms with van der Waals surface area (Å²) in [7, 11) is 0. The van der Waals surface area contributed by atoms with Gasteiger partial charge in [-0.15, -0.1) is 0 Å². The zero-order valence-corrected chi connectivity index (χ0v) is 12.2. The summed E-state index contributed by atoms with van der Waals surface area (Å²) < 4.78 is 14.6. The highest BCUT2D eigenvalue weighted by atomic mass is 79.9. The maximum Gasteiger partial charge on any atom is 0.220 e. The van der Waals surface area contributed by atoms with Gasteiger partial charge < -0.3 is 5.32 Å². The SMILES string of the molecule is O=C1CCC(CN2CCc3ccc(Br)c(F)c3C2)N1. The third-order valence-electron chi connectivity index (χ3n) is 3.94. The van der Waals surface area contributed by atoms with Crippen LogP contribution in [0, 0.1) is 5.82 Å². The lowest BCUT2D eigenvalue weighted by atomic mass is 9.99. The lowest BCUT2D eigenvalue weighted by Gasteiger charge is -2.31. The van der Waals surface area contributed by atoms with Gasteiger partial charge in [-0.2, -0.15) is 0 Å². The number of amides is 1. The lowest BCUT2D eigenvalue weighted by molar-refractivity contribution is -0.119. The van der Waals surface area contributed by atoms with Crippen LogP contribution in [0.25, 0.3) is 0 Å². The highest BCUT2D eigenvalue weighted by Gasteiger charge is 2.26. The molecule has 0 aromatic heterocycles. The highest BCUT2D eigenvalue weighted by molar-refractivity contribution is 9.10. The molecule has 1 atom stereocenters. The molecule has 2 aliphatic heterocycles. The zero-order valence-electron chi connectivity index (χ0n) is 10.6. The van der Waals surface area contributed by atoms with Gasteiger partial charge in [0, 0.05) is 37.7 Å². The van der Waals surface area contributed by atoms with Crippen LogP contribution in [0.15, 0.2) is 16.6 Å². The average Bonchev–Trinajstić information content (AvgIpc) is 2.80. The minimum absolute atomic E-state index is 0.135. The molecule has 3 nitrogen and oxygen atoms in total. The van der Waals surface area contributed by atoms with Gasteiger partial charge in [-0.1, -0.05) is 6.07 Å². The molecule has 1 fully saturated rings. The first-order chi connectivity index (χ1) is 9.13. The van der Waals surface area contributed by atoms with Gasteiger partial charge in [0.05, 0.1) is 4.47 Å². The van der Waals surface area contributed by atoms with Crippen molar-refractivity contribution in [2.45, 2.75) is 31.8 Å². The molecular formula is C14H16BrFN2O. The fraction of sp³-hybridized carbons (Fsp3) is 0.500. The van der Waals surface area contributed by atoms with Crippen LogP contribution in [0.4, 0.5) is 4.39 Å². The normalized spacial score (nSPS) is 23.3. The molecule has 1 aromatic carbocycles. The quantitative estimate of drug-likeness (QED) is 0.903. The third-order valence-corrected chi connectivity index (χ3v) is 4.55. The minimum atomic E-state index is -0.141. The summed E-state index contributed by atoms with van der Waals surface area (Å²) in [6.45, 7) is 2.38. The number of hydrogen-bond acceptors (Lipinski definition) is 2. The van der Waals surface area contributed by atoms with Crippen LogP contribution in [0.3, 0.4) is 0 Å². The molecule has 0 aliphatic carbocycles. The zero-order chi connectivity index (χ0) is 13.4. The molecule has 102 valence electrons. The molecule has 5 heteroatoms. The highest BCUT2D eigenvalue weighted by Crippen LogP contribution is 2.27. The second kappa shape index (κ2) is 5.21. The molecule has 0 bridgehead atoms. The van der Waals surface area contributed by atoms with Crippen molar-refractivity contribution in [2.75, 3.05) is 13.1 Å². The Morgan fingerprint density at radius 1 is 1.42 bits per heavy atom. The van der Waals surface area contributed by atoms with E-state index in [1.54, 1.807) is 6.07 Å². The topological polar surface area (TPSA) is 32.3 Å². The molecular weight excluding hydrogens is 311 g/mol. The Bertz CT molecular complexity index is 520. The monoisotopic (exact) mass is 326 g/mol. The first-order valence-electron chi connectivity index (χ1n) is 6.61. The van der Waals surface area contributed by atoms with E-state index in [1.165, 1.54) is 0 Å². The number of nitrogens with one attached hydrogen (secondary N) is 1. The first kappa shape index (κ1) is 13.1. The summed E-state index contributed by atoms with van der Waals surface area (Å²) in [4.78, 5) is 13.4. The standard InChI is InChI=1S/C14H16BrFN2O/c15-12-3-1-9-5-6-18(8-11(9)14(12)16)7-10-2-4-13(19)17-10/h1,3,10H,2,4-8H2,(H,17,19). The van der Waals surface area contributed by atoms with E-state index >= 15 is 0 Å². The number of nitrogens with zero attached hydrogens (tertiary/aromatic N) is 1. The van der Waals surface area contributed by atoms with Crippen LogP contribution >= 0.6 is 15.9 Å². The van der Waals surface area contributed by atoms with Gasteiger partial charge in [-0.05, 0) is 40.4 Å². The smallest absolute Gasteiger partial charge is 0.220 e. The van der Waals surface area contributed by atoms with Crippen molar-refractivity contribution in [1.82, 2.24) is 10.2 Å². The average molecular weight is 327 g/mol. The van der Waals surface area contributed by atoms with Gasteiger partial charge in [0.1, 0.15) is 5.82 Å². The van der Waals surface area contributed by atoms with E-state index in [0.29, 0.717) is 17.4 Å². The number of carbonyl (C=O) groups is 1. The number of carbonyl (C=O) groups excluding carboxylic acids is 1. The van der Waals surface area contributed by atoms with Crippen LogP contribution in [-0.4, -0.2) is 29.9 Å². The Hall–Kier alpha value is -0.940. The van der Waals surface area contributed by atoms with E-state index in [1.807, 2.05) is 6.07 Å². The summed E-state index contributed by atoms with van der Waals surface area (Å²) in [5, 5.41) is 2.97. The van der Waals surface area contributed by atoms with Crippen LogP contribution in [-0.2, 0) is 17.8 Å². The second-order valence-electron chi connectivity index (χ2n) is 5.29. The Morgan fingerprint density at radius 2 is 2.26 bits per heavy atom. The maximum atomic E-state index is 14.1. The van der Waals surface area contributed by atoms with E-state index in [0.717, 1.165) is 37.1 Å². The first-order valence-corrected chi connectivity index (χ1v) is 7.40. The van der Waals surface area contributed by atoms with Gasteiger partial charge >= 0.3 is 0 Å². The summed E-state index contributed by atoms with van der Waals surface area (Å²) >= 11 is 3.24. The van der Waals surface area contributed by atoms with Gasteiger partial charge in [0.2, 0.25) is 5.91 Å². The molecule has 19 heavy (non-hydrogen) atoms. The minimum Gasteiger partial charge on any atom is -0.352 e. The summed E-state index contributed by atoms with van der Waals surface area (Å²) in [6, 6.07) is 4.00. The summed E-state index contributed by atoms with van der Waals surface area (Å²) in [5.41, 5.74) is 1.90. The molecule has 1 N–H and O–H groups in total. The van der Waals surface area contributed by atoms with E-state index in [-0.39, 0.29) is 17.8 Å². The Balaban J connectivity index is 1.71. The molecule has 3 rings (SSSR count). The van der Waals surface area contributed by atoms with Crippen molar-refractivity contribution < 1.29 is 9.18 Å². The number of fused-ring (bicyclic) bond motifs is 1. The fourth-order valence-corrected chi connectivity index (χ4v) is 3.27.